The standard InChI is InChI=1S/C12H12F2N4O2/c1-17-11(20)16-4-12(17)5-18(6-12)10(19)9-8(14)2-7(13)3-15-9/h2-3H,4-6H2,1H3,(H,16,20). The second-order valence-corrected chi connectivity index (χ2v) is 5.09. The normalized spacial score (nSPS) is 20.1. The first-order valence-corrected chi connectivity index (χ1v) is 6.05. The van der Waals surface area contributed by atoms with E-state index in [-0.39, 0.29) is 6.03 Å². The van der Waals surface area contributed by atoms with Gasteiger partial charge < -0.3 is 15.1 Å². The van der Waals surface area contributed by atoms with E-state index in [1.165, 1.54) is 4.90 Å². The van der Waals surface area contributed by atoms with Crippen molar-refractivity contribution in [3.8, 4) is 0 Å². The average molecular weight is 282 g/mol. The number of nitrogens with one attached hydrogen (secondary N) is 1. The van der Waals surface area contributed by atoms with Crippen LogP contribution in [0.25, 0.3) is 0 Å². The quantitative estimate of drug-likeness (QED) is 0.800. The van der Waals surface area contributed by atoms with Crippen molar-refractivity contribution >= 4 is 11.9 Å². The number of nitrogens with zero attached hydrogens (tertiary/aromatic N) is 3. The summed E-state index contributed by atoms with van der Waals surface area (Å²) in [5.74, 6) is -2.41. The number of pyridine rings is 1. The number of amides is 3. The molecule has 0 aliphatic carbocycles. The molecule has 1 N–H and O–H groups in total. The number of urea groups is 1. The fourth-order valence-electron chi connectivity index (χ4n) is 2.55. The molecule has 6 nitrogen and oxygen atoms in total. The predicted octanol–water partition coefficient (Wildman–Crippen LogP) is 0.209. The molecule has 2 fully saturated rings. The molecule has 0 radical (unpaired) electrons. The van der Waals surface area contributed by atoms with Crippen LogP contribution in [0.3, 0.4) is 0 Å². The Morgan fingerprint density at radius 3 is 2.70 bits per heavy atom. The van der Waals surface area contributed by atoms with Gasteiger partial charge in [-0.1, -0.05) is 0 Å². The summed E-state index contributed by atoms with van der Waals surface area (Å²) in [6.45, 7) is 1.06. The first kappa shape index (κ1) is 12.8. The predicted molar refractivity (Wildman–Crippen MR) is 63.9 cm³/mol. The molecular formula is C12H12F2N4O2. The van der Waals surface area contributed by atoms with E-state index in [9.17, 15) is 18.4 Å². The van der Waals surface area contributed by atoms with E-state index in [2.05, 4.69) is 10.3 Å². The Morgan fingerprint density at radius 1 is 1.45 bits per heavy atom. The van der Waals surface area contributed by atoms with Crippen molar-refractivity contribution in [2.24, 2.45) is 0 Å². The number of carbonyl (C=O) groups is 2. The van der Waals surface area contributed by atoms with E-state index in [1.807, 2.05) is 0 Å². The number of hydrogen-bond acceptors (Lipinski definition) is 3. The third-order valence-electron chi connectivity index (χ3n) is 3.85. The van der Waals surface area contributed by atoms with Gasteiger partial charge in [0, 0.05) is 32.7 Å². The Labute approximate surface area is 113 Å². The topological polar surface area (TPSA) is 65.5 Å². The second kappa shape index (κ2) is 4.12. The van der Waals surface area contributed by atoms with Gasteiger partial charge in [0.25, 0.3) is 5.91 Å². The molecule has 3 heterocycles. The molecule has 2 saturated heterocycles. The number of aromatic nitrogens is 1. The summed E-state index contributed by atoms with van der Waals surface area (Å²) in [6, 6.07) is 0.436. The van der Waals surface area contributed by atoms with Crippen molar-refractivity contribution in [2.75, 3.05) is 26.7 Å². The van der Waals surface area contributed by atoms with Gasteiger partial charge in [0.15, 0.2) is 11.5 Å². The number of hydrogen-bond donors (Lipinski definition) is 1. The lowest BCUT2D eigenvalue weighted by Gasteiger charge is -2.50. The van der Waals surface area contributed by atoms with Crippen molar-refractivity contribution in [2.45, 2.75) is 5.54 Å². The Bertz CT molecular complexity index is 601. The van der Waals surface area contributed by atoms with Crippen LogP contribution in [0.4, 0.5) is 13.6 Å². The molecule has 0 bridgehead atoms. The highest BCUT2D eigenvalue weighted by Gasteiger charge is 2.53. The molecule has 1 spiro atoms. The summed E-state index contributed by atoms with van der Waals surface area (Å²) in [4.78, 5) is 29.9. The van der Waals surface area contributed by atoms with Gasteiger partial charge in [-0.2, -0.15) is 0 Å². The van der Waals surface area contributed by atoms with E-state index in [0.29, 0.717) is 25.7 Å². The maximum absolute atomic E-state index is 13.5. The molecule has 8 heteroatoms. The lowest BCUT2D eigenvalue weighted by molar-refractivity contribution is 0.00697. The van der Waals surface area contributed by atoms with Crippen LogP contribution in [-0.4, -0.2) is 58.9 Å². The lowest BCUT2D eigenvalue weighted by atomic mass is 9.89. The van der Waals surface area contributed by atoms with Crippen molar-refractivity contribution in [1.29, 1.82) is 0 Å². The summed E-state index contributed by atoms with van der Waals surface area (Å²) in [5.41, 5.74) is -0.829. The molecule has 0 aromatic carbocycles. The monoisotopic (exact) mass is 282 g/mol. The van der Waals surface area contributed by atoms with Crippen molar-refractivity contribution in [3.63, 3.8) is 0 Å². The number of rotatable bonds is 1. The van der Waals surface area contributed by atoms with Crippen LogP contribution in [0.1, 0.15) is 10.5 Å². The molecule has 3 amide bonds. The van der Waals surface area contributed by atoms with Crippen LogP contribution < -0.4 is 5.32 Å². The van der Waals surface area contributed by atoms with E-state index in [1.54, 1.807) is 11.9 Å². The van der Waals surface area contributed by atoms with Gasteiger partial charge in [0.2, 0.25) is 0 Å². The highest BCUT2D eigenvalue weighted by atomic mass is 19.1. The Balaban J connectivity index is 1.74. The summed E-state index contributed by atoms with van der Waals surface area (Å²) in [7, 11) is 1.65. The summed E-state index contributed by atoms with van der Waals surface area (Å²) < 4.78 is 26.3. The molecule has 106 valence electrons. The third-order valence-corrected chi connectivity index (χ3v) is 3.85. The summed E-state index contributed by atoms with van der Waals surface area (Å²) in [5, 5.41) is 2.69. The van der Waals surface area contributed by atoms with Crippen LogP contribution in [0.15, 0.2) is 12.3 Å². The molecular weight excluding hydrogens is 270 g/mol. The first-order valence-electron chi connectivity index (χ1n) is 6.05. The van der Waals surface area contributed by atoms with E-state index in [0.717, 1.165) is 6.20 Å². The van der Waals surface area contributed by atoms with Crippen LogP contribution >= 0.6 is 0 Å². The zero-order valence-electron chi connectivity index (χ0n) is 10.7. The molecule has 1 aromatic rings. The van der Waals surface area contributed by atoms with E-state index in [4.69, 9.17) is 0 Å². The van der Waals surface area contributed by atoms with Crippen molar-refractivity contribution in [1.82, 2.24) is 20.1 Å². The SMILES string of the molecule is CN1C(=O)NCC12CN(C(=O)c1ncc(F)cc1F)C2. The van der Waals surface area contributed by atoms with Crippen LogP contribution in [0.5, 0.6) is 0 Å². The maximum atomic E-state index is 13.5. The average Bonchev–Trinajstić information content (AvgIpc) is 2.64. The summed E-state index contributed by atoms with van der Waals surface area (Å²) >= 11 is 0. The maximum Gasteiger partial charge on any atom is 0.317 e. The van der Waals surface area contributed by atoms with Gasteiger partial charge in [-0.3, -0.25) is 4.79 Å². The van der Waals surface area contributed by atoms with E-state index >= 15 is 0 Å². The number of halogens is 2. The number of likely N-dealkylation sites (N-methyl/N-ethyl adjacent to an activating group) is 1. The minimum absolute atomic E-state index is 0.191. The molecule has 1 aromatic heterocycles. The van der Waals surface area contributed by atoms with Gasteiger partial charge in [0.05, 0.1) is 11.7 Å². The second-order valence-electron chi connectivity index (χ2n) is 5.09. The minimum atomic E-state index is -0.982. The van der Waals surface area contributed by atoms with Crippen LogP contribution in [0, 0.1) is 11.6 Å². The molecule has 2 aliphatic rings. The molecule has 20 heavy (non-hydrogen) atoms. The van der Waals surface area contributed by atoms with Gasteiger partial charge >= 0.3 is 6.03 Å². The number of likely N-dealkylation sites (tertiary alicyclic amines) is 1. The Morgan fingerprint density at radius 2 is 2.15 bits per heavy atom. The smallest absolute Gasteiger partial charge is 0.317 e. The van der Waals surface area contributed by atoms with Crippen molar-refractivity contribution in [3.05, 3.63) is 29.6 Å². The fourth-order valence-corrected chi connectivity index (χ4v) is 2.55. The highest BCUT2D eigenvalue weighted by molar-refractivity contribution is 5.93. The van der Waals surface area contributed by atoms with Crippen LogP contribution in [-0.2, 0) is 0 Å². The van der Waals surface area contributed by atoms with Gasteiger partial charge in [-0.25, -0.2) is 18.6 Å². The highest BCUT2D eigenvalue weighted by Crippen LogP contribution is 2.31. The number of carbonyl (C=O) groups excluding carboxylic acids is 2. The Hall–Kier alpha value is -2.25. The molecule has 0 unspecified atom stereocenters. The van der Waals surface area contributed by atoms with Crippen molar-refractivity contribution < 1.29 is 18.4 Å². The van der Waals surface area contributed by atoms with E-state index < -0.39 is 28.8 Å². The molecule has 0 atom stereocenters. The zero-order valence-corrected chi connectivity index (χ0v) is 10.7. The molecule has 3 rings (SSSR count). The lowest BCUT2D eigenvalue weighted by Crippen LogP contribution is -2.70. The fraction of sp³-hybridized carbons (Fsp3) is 0.417. The first-order chi connectivity index (χ1) is 9.43. The zero-order chi connectivity index (χ0) is 14.5. The van der Waals surface area contributed by atoms with Crippen LogP contribution in [0.2, 0.25) is 0 Å². The molecule has 0 saturated carbocycles. The van der Waals surface area contributed by atoms with Gasteiger partial charge in [-0.15, -0.1) is 0 Å². The third kappa shape index (κ3) is 1.71. The Kier molecular flexibility index (Phi) is 2.63. The summed E-state index contributed by atoms with van der Waals surface area (Å²) in [6.07, 6.45) is 0.804. The van der Waals surface area contributed by atoms with Gasteiger partial charge in [0.1, 0.15) is 5.82 Å². The van der Waals surface area contributed by atoms with Gasteiger partial charge in [-0.05, 0) is 0 Å². The molecule has 2 aliphatic heterocycles. The minimum Gasteiger partial charge on any atom is -0.335 e. The largest absolute Gasteiger partial charge is 0.335 e.